The predicted molar refractivity (Wildman–Crippen MR) is 69.2 cm³/mol. The maximum Gasteiger partial charge on any atom is 0.268 e. The molecule has 0 unspecified atom stereocenters. The minimum atomic E-state index is -0.362. The minimum absolute atomic E-state index is 0. The van der Waals surface area contributed by atoms with Crippen LogP contribution in [0, 0.1) is 0 Å². The number of halogens is 1. The number of hydrogen-bond acceptors (Lipinski definition) is 5. The highest BCUT2D eigenvalue weighted by Gasteiger charge is 2.36. The quantitative estimate of drug-likeness (QED) is 0.912. The summed E-state index contributed by atoms with van der Waals surface area (Å²) in [5, 5.41) is 6.01. The first-order valence-corrected chi connectivity index (χ1v) is 6.33. The summed E-state index contributed by atoms with van der Waals surface area (Å²) in [6.45, 7) is 0. The van der Waals surface area contributed by atoms with Crippen LogP contribution in [0.15, 0.2) is 22.0 Å². The number of rotatable bonds is 2. The van der Waals surface area contributed by atoms with Gasteiger partial charge in [0.05, 0.1) is 10.4 Å². The second-order valence-electron chi connectivity index (χ2n) is 4.26. The molecule has 0 atom stereocenters. The van der Waals surface area contributed by atoms with E-state index in [9.17, 15) is 0 Å². The summed E-state index contributed by atoms with van der Waals surface area (Å²) in [6, 6.07) is 3.94. The van der Waals surface area contributed by atoms with Crippen LogP contribution in [0.5, 0.6) is 0 Å². The van der Waals surface area contributed by atoms with Crippen LogP contribution < -0.4 is 5.73 Å². The van der Waals surface area contributed by atoms with E-state index in [1.165, 1.54) is 0 Å². The average Bonchev–Trinajstić information content (AvgIpc) is 2.98. The van der Waals surface area contributed by atoms with Crippen LogP contribution in [0.1, 0.15) is 31.5 Å². The third-order valence-corrected chi connectivity index (χ3v) is 3.96. The second kappa shape index (κ2) is 4.76. The van der Waals surface area contributed by atoms with E-state index in [-0.39, 0.29) is 17.9 Å². The molecule has 0 radical (unpaired) electrons. The number of aromatic nitrogens is 2. The zero-order valence-electron chi connectivity index (χ0n) is 9.26. The Morgan fingerprint density at radius 1 is 1.35 bits per heavy atom. The molecule has 2 N–H and O–H groups in total. The Kier molecular flexibility index (Phi) is 3.51. The zero-order valence-corrected chi connectivity index (χ0v) is 10.9. The molecule has 0 bridgehead atoms. The molecule has 1 fully saturated rings. The average molecular weight is 272 g/mol. The highest BCUT2D eigenvalue weighted by Crippen LogP contribution is 2.35. The van der Waals surface area contributed by atoms with Gasteiger partial charge >= 0.3 is 0 Å². The van der Waals surface area contributed by atoms with Crippen molar-refractivity contribution in [2.24, 2.45) is 5.73 Å². The molecular weight excluding hydrogens is 258 g/mol. The molecule has 0 amide bonds. The Labute approximate surface area is 110 Å². The molecule has 0 aromatic carbocycles. The molecule has 92 valence electrons. The van der Waals surface area contributed by atoms with Crippen molar-refractivity contribution in [2.75, 3.05) is 0 Å². The number of nitrogens with zero attached hydrogens (tertiary/aromatic N) is 2. The van der Waals surface area contributed by atoms with Crippen molar-refractivity contribution in [3.05, 3.63) is 23.3 Å². The molecule has 0 saturated heterocycles. The van der Waals surface area contributed by atoms with Gasteiger partial charge < -0.3 is 10.3 Å². The van der Waals surface area contributed by atoms with E-state index in [0.717, 1.165) is 30.6 Å². The third-order valence-electron chi connectivity index (χ3n) is 3.10. The van der Waals surface area contributed by atoms with E-state index in [4.69, 9.17) is 10.3 Å². The van der Waals surface area contributed by atoms with E-state index in [2.05, 4.69) is 10.1 Å². The first kappa shape index (κ1) is 12.5. The predicted octanol–water partition coefficient (Wildman–Crippen LogP) is 2.95. The van der Waals surface area contributed by atoms with E-state index < -0.39 is 0 Å². The fourth-order valence-electron chi connectivity index (χ4n) is 2.16. The summed E-state index contributed by atoms with van der Waals surface area (Å²) in [7, 11) is 0. The summed E-state index contributed by atoms with van der Waals surface area (Å²) < 4.78 is 5.26. The lowest BCUT2D eigenvalue weighted by atomic mass is 9.99. The lowest BCUT2D eigenvalue weighted by Gasteiger charge is -2.17. The maximum absolute atomic E-state index is 6.27. The Balaban J connectivity index is 0.00000108. The molecular formula is C11H14ClN3OS. The van der Waals surface area contributed by atoms with Crippen molar-refractivity contribution >= 4 is 23.7 Å². The monoisotopic (exact) mass is 271 g/mol. The summed E-state index contributed by atoms with van der Waals surface area (Å²) >= 11 is 1.59. The lowest BCUT2D eigenvalue weighted by molar-refractivity contribution is 0.373. The first-order chi connectivity index (χ1) is 7.78. The smallest absolute Gasteiger partial charge is 0.268 e. The van der Waals surface area contributed by atoms with Gasteiger partial charge in [-0.2, -0.15) is 4.98 Å². The van der Waals surface area contributed by atoms with Gasteiger partial charge in [-0.3, -0.25) is 0 Å². The highest BCUT2D eigenvalue weighted by atomic mass is 35.5. The van der Waals surface area contributed by atoms with Gasteiger partial charge in [0.25, 0.3) is 5.89 Å². The van der Waals surface area contributed by atoms with Crippen LogP contribution >= 0.6 is 23.7 Å². The highest BCUT2D eigenvalue weighted by molar-refractivity contribution is 7.13. The molecule has 1 aliphatic rings. The van der Waals surface area contributed by atoms with Gasteiger partial charge in [-0.1, -0.05) is 24.1 Å². The summed E-state index contributed by atoms with van der Waals surface area (Å²) in [6.07, 6.45) is 4.21. The molecule has 1 saturated carbocycles. The van der Waals surface area contributed by atoms with Crippen molar-refractivity contribution in [3.63, 3.8) is 0 Å². The SMILES string of the molecule is Cl.NC1(c2noc(-c3cccs3)n2)CCCC1. The van der Waals surface area contributed by atoms with Gasteiger partial charge in [-0.25, -0.2) is 0 Å². The molecule has 1 aliphatic carbocycles. The summed E-state index contributed by atoms with van der Waals surface area (Å²) in [4.78, 5) is 5.41. The Hall–Kier alpha value is -0.910. The normalized spacial score (nSPS) is 17.9. The molecule has 2 heterocycles. The molecule has 0 aliphatic heterocycles. The van der Waals surface area contributed by atoms with Crippen molar-refractivity contribution in [1.82, 2.24) is 10.1 Å². The van der Waals surface area contributed by atoms with Crippen LogP contribution in [-0.2, 0) is 5.54 Å². The van der Waals surface area contributed by atoms with E-state index in [1.54, 1.807) is 11.3 Å². The van der Waals surface area contributed by atoms with Crippen molar-refractivity contribution in [3.8, 4) is 10.8 Å². The van der Waals surface area contributed by atoms with Crippen molar-refractivity contribution in [2.45, 2.75) is 31.2 Å². The molecule has 3 rings (SSSR count). The number of hydrogen-bond donors (Lipinski definition) is 1. The van der Waals surface area contributed by atoms with Gasteiger partial charge in [-0.05, 0) is 24.3 Å². The Morgan fingerprint density at radius 2 is 2.12 bits per heavy atom. The fraction of sp³-hybridized carbons (Fsp3) is 0.455. The number of thiophene rings is 1. The van der Waals surface area contributed by atoms with E-state index in [0.29, 0.717) is 11.7 Å². The van der Waals surface area contributed by atoms with Gasteiger partial charge in [0.2, 0.25) is 0 Å². The molecule has 17 heavy (non-hydrogen) atoms. The molecule has 4 nitrogen and oxygen atoms in total. The van der Waals surface area contributed by atoms with Gasteiger partial charge in [-0.15, -0.1) is 23.7 Å². The first-order valence-electron chi connectivity index (χ1n) is 5.45. The molecule has 2 aromatic rings. The number of nitrogens with two attached hydrogens (primary N) is 1. The van der Waals surface area contributed by atoms with Crippen molar-refractivity contribution in [1.29, 1.82) is 0 Å². The Morgan fingerprint density at radius 3 is 2.76 bits per heavy atom. The topological polar surface area (TPSA) is 64.9 Å². The van der Waals surface area contributed by atoms with Crippen LogP contribution in [0.2, 0.25) is 0 Å². The van der Waals surface area contributed by atoms with Gasteiger partial charge in [0, 0.05) is 0 Å². The largest absolute Gasteiger partial charge is 0.333 e. The summed E-state index contributed by atoms with van der Waals surface area (Å²) in [5.41, 5.74) is 5.90. The lowest BCUT2D eigenvalue weighted by Crippen LogP contribution is -2.34. The molecule has 6 heteroatoms. The minimum Gasteiger partial charge on any atom is -0.333 e. The second-order valence-corrected chi connectivity index (χ2v) is 5.21. The molecule has 2 aromatic heterocycles. The van der Waals surface area contributed by atoms with E-state index in [1.807, 2.05) is 17.5 Å². The summed E-state index contributed by atoms with van der Waals surface area (Å²) in [5.74, 6) is 1.25. The van der Waals surface area contributed by atoms with Crippen LogP contribution in [0.3, 0.4) is 0 Å². The fourth-order valence-corrected chi connectivity index (χ4v) is 2.80. The van der Waals surface area contributed by atoms with E-state index >= 15 is 0 Å². The third kappa shape index (κ3) is 2.22. The van der Waals surface area contributed by atoms with Crippen molar-refractivity contribution < 1.29 is 4.52 Å². The van der Waals surface area contributed by atoms with Gasteiger partial charge in [0.1, 0.15) is 0 Å². The van der Waals surface area contributed by atoms with Crippen LogP contribution in [-0.4, -0.2) is 10.1 Å². The zero-order chi connectivity index (χ0) is 11.0. The Bertz CT molecular complexity index is 477. The van der Waals surface area contributed by atoms with Crippen LogP contribution in [0.4, 0.5) is 0 Å². The van der Waals surface area contributed by atoms with Gasteiger partial charge in [0.15, 0.2) is 5.82 Å². The standard InChI is InChI=1S/C11H13N3OS.ClH/c12-11(5-1-2-6-11)10-13-9(15-14-10)8-4-3-7-16-8;/h3-4,7H,1-2,5-6,12H2;1H. The maximum atomic E-state index is 6.27. The molecule has 0 spiro atoms. The van der Waals surface area contributed by atoms with Crippen LogP contribution in [0.25, 0.3) is 10.8 Å².